The maximum atomic E-state index is 9.41. The molecule has 0 bridgehead atoms. The molecule has 3 rings (SSSR count). The summed E-state index contributed by atoms with van der Waals surface area (Å²) in [5.74, 6) is 1.45. The molecule has 21 heavy (non-hydrogen) atoms. The highest BCUT2D eigenvalue weighted by Crippen LogP contribution is 2.26. The van der Waals surface area contributed by atoms with Gasteiger partial charge in [0.05, 0.1) is 24.4 Å². The zero-order valence-electron chi connectivity index (χ0n) is 12.0. The second-order valence-corrected chi connectivity index (χ2v) is 5.35. The number of pyridine rings is 1. The largest absolute Gasteiger partial charge is 0.492 e. The highest BCUT2D eigenvalue weighted by molar-refractivity contribution is 5.86. The van der Waals surface area contributed by atoms with E-state index in [1.165, 1.54) is 6.33 Å². The number of rotatable bonds is 5. The fourth-order valence-electron chi connectivity index (χ4n) is 2.19. The third-order valence-corrected chi connectivity index (χ3v) is 3.39. The predicted octanol–water partition coefficient (Wildman–Crippen LogP) is 1.55. The minimum atomic E-state index is -0.278. The van der Waals surface area contributed by atoms with Crippen molar-refractivity contribution in [3.8, 4) is 5.75 Å². The number of anilines is 1. The van der Waals surface area contributed by atoms with E-state index in [1.807, 2.05) is 17.9 Å². The maximum absolute atomic E-state index is 9.41. The number of β-amino-alcohol motifs (C(OH)–C–C–N with tert-alkyl or cyclic N) is 1. The molecule has 0 radical (unpaired) electrons. The normalized spacial score (nSPS) is 15.0. The lowest BCUT2D eigenvalue weighted by atomic mass is 10.1. The minimum absolute atomic E-state index is 0.278. The van der Waals surface area contributed by atoms with Gasteiger partial charge in [-0.15, -0.1) is 6.58 Å². The number of ether oxygens (including phenoxy) is 1. The van der Waals surface area contributed by atoms with Crippen molar-refractivity contribution >= 4 is 16.9 Å². The number of hydrogen-bond donors (Lipinski definition) is 1. The van der Waals surface area contributed by atoms with Gasteiger partial charge in [0.15, 0.2) is 5.82 Å². The number of aromatic nitrogens is 3. The van der Waals surface area contributed by atoms with Crippen molar-refractivity contribution in [2.75, 3.05) is 24.6 Å². The topological polar surface area (TPSA) is 71.4 Å². The molecular weight excluding hydrogens is 268 g/mol. The van der Waals surface area contributed by atoms with E-state index >= 15 is 0 Å². The van der Waals surface area contributed by atoms with Crippen molar-refractivity contribution in [1.29, 1.82) is 0 Å². The van der Waals surface area contributed by atoms with Gasteiger partial charge in [-0.2, -0.15) is 0 Å². The Morgan fingerprint density at radius 2 is 2.24 bits per heavy atom. The Morgan fingerprint density at radius 1 is 1.43 bits per heavy atom. The Balaban J connectivity index is 1.80. The molecule has 1 aliphatic heterocycles. The second kappa shape index (κ2) is 5.65. The smallest absolute Gasteiger partial charge is 0.158 e. The van der Waals surface area contributed by atoms with Crippen LogP contribution in [0, 0.1) is 0 Å². The lowest BCUT2D eigenvalue weighted by Gasteiger charge is -2.36. The molecule has 0 atom stereocenters. The third kappa shape index (κ3) is 2.95. The Labute approximate surface area is 123 Å². The van der Waals surface area contributed by atoms with Gasteiger partial charge < -0.3 is 14.7 Å². The Hall–Kier alpha value is -2.21. The van der Waals surface area contributed by atoms with Gasteiger partial charge in [0, 0.05) is 25.6 Å². The predicted molar refractivity (Wildman–Crippen MR) is 80.5 cm³/mol. The van der Waals surface area contributed by atoms with Gasteiger partial charge in [0.25, 0.3) is 0 Å². The molecule has 1 saturated heterocycles. The van der Waals surface area contributed by atoms with E-state index < -0.39 is 0 Å². The zero-order chi connectivity index (χ0) is 14.8. The summed E-state index contributed by atoms with van der Waals surface area (Å²) in [5.41, 5.74) is 2.57. The number of fused-ring (bicyclic) bond motifs is 1. The van der Waals surface area contributed by atoms with Gasteiger partial charge in [0.2, 0.25) is 0 Å². The second-order valence-electron chi connectivity index (χ2n) is 5.35. The molecule has 0 aromatic carbocycles. The average molecular weight is 286 g/mol. The van der Waals surface area contributed by atoms with Crippen LogP contribution in [-0.2, 0) is 0 Å². The molecule has 0 saturated carbocycles. The summed E-state index contributed by atoms with van der Waals surface area (Å²) < 4.78 is 5.65. The van der Waals surface area contributed by atoms with Crippen LogP contribution in [0.2, 0.25) is 0 Å². The quantitative estimate of drug-likeness (QED) is 0.841. The fraction of sp³-hybridized carbons (Fsp3) is 0.400. The summed E-state index contributed by atoms with van der Waals surface area (Å²) in [6.45, 7) is 7.58. The Bertz CT molecular complexity index is 668. The SMILES string of the molecule is C=C(C)CCOc1cnc2c(N3CC(O)C3)ncnc2c1. The van der Waals surface area contributed by atoms with E-state index in [2.05, 4.69) is 21.5 Å². The fourth-order valence-corrected chi connectivity index (χ4v) is 2.19. The molecule has 0 unspecified atom stereocenters. The third-order valence-electron chi connectivity index (χ3n) is 3.39. The molecule has 3 heterocycles. The zero-order valence-corrected chi connectivity index (χ0v) is 12.0. The van der Waals surface area contributed by atoms with E-state index in [0.29, 0.717) is 25.4 Å². The number of hydrogen-bond acceptors (Lipinski definition) is 6. The summed E-state index contributed by atoms with van der Waals surface area (Å²) in [6.07, 6.45) is 3.74. The van der Waals surface area contributed by atoms with Crippen molar-refractivity contribution in [2.45, 2.75) is 19.4 Å². The molecule has 6 heteroatoms. The van der Waals surface area contributed by atoms with Crippen molar-refractivity contribution in [1.82, 2.24) is 15.0 Å². The number of aliphatic hydroxyl groups excluding tert-OH is 1. The maximum Gasteiger partial charge on any atom is 0.158 e. The monoisotopic (exact) mass is 286 g/mol. The van der Waals surface area contributed by atoms with Crippen molar-refractivity contribution < 1.29 is 9.84 Å². The molecule has 1 fully saturated rings. The van der Waals surface area contributed by atoms with Crippen LogP contribution in [0.4, 0.5) is 5.82 Å². The summed E-state index contributed by atoms with van der Waals surface area (Å²) in [7, 11) is 0. The van der Waals surface area contributed by atoms with Gasteiger partial charge in [-0.1, -0.05) is 5.57 Å². The number of aliphatic hydroxyl groups is 1. The van der Waals surface area contributed by atoms with Crippen LogP contribution < -0.4 is 9.64 Å². The first-order valence-electron chi connectivity index (χ1n) is 6.94. The van der Waals surface area contributed by atoms with Crippen LogP contribution in [0.5, 0.6) is 5.75 Å². The van der Waals surface area contributed by atoms with Gasteiger partial charge in [-0.25, -0.2) is 15.0 Å². The van der Waals surface area contributed by atoms with Gasteiger partial charge in [-0.3, -0.25) is 0 Å². The Morgan fingerprint density at radius 3 is 2.95 bits per heavy atom. The Kier molecular flexibility index (Phi) is 3.70. The molecule has 2 aromatic heterocycles. The molecule has 110 valence electrons. The van der Waals surface area contributed by atoms with E-state index in [0.717, 1.165) is 28.8 Å². The van der Waals surface area contributed by atoms with E-state index in [9.17, 15) is 5.11 Å². The van der Waals surface area contributed by atoms with Crippen LogP contribution >= 0.6 is 0 Å². The molecule has 0 aliphatic carbocycles. The lowest BCUT2D eigenvalue weighted by molar-refractivity contribution is 0.141. The van der Waals surface area contributed by atoms with Crippen LogP contribution in [0.25, 0.3) is 11.0 Å². The highest BCUT2D eigenvalue weighted by atomic mass is 16.5. The molecule has 1 N–H and O–H groups in total. The summed E-state index contributed by atoms with van der Waals surface area (Å²) >= 11 is 0. The van der Waals surface area contributed by atoms with Crippen molar-refractivity contribution in [3.05, 3.63) is 30.7 Å². The standard InChI is InChI=1S/C15H18N4O2/c1-10(2)3-4-21-12-5-13-14(16-6-12)15(18-9-17-13)19-7-11(20)8-19/h5-6,9,11,20H,1,3-4,7-8H2,2H3. The minimum Gasteiger partial charge on any atom is -0.492 e. The van der Waals surface area contributed by atoms with E-state index in [1.54, 1.807) is 6.20 Å². The van der Waals surface area contributed by atoms with Crippen LogP contribution in [0.1, 0.15) is 13.3 Å². The molecule has 0 amide bonds. The first-order chi connectivity index (χ1) is 10.1. The summed E-state index contributed by atoms with van der Waals surface area (Å²) in [6, 6.07) is 1.86. The van der Waals surface area contributed by atoms with Crippen molar-refractivity contribution in [3.63, 3.8) is 0 Å². The van der Waals surface area contributed by atoms with Gasteiger partial charge in [-0.05, 0) is 6.92 Å². The van der Waals surface area contributed by atoms with Gasteiger partial charge >= 0.3 is 0 Å². The van der Waals surface area contributed by atoms with Crippen LogP contribution in [0.15, 0.2) is 30.7 Å². The van der Waals surface area contributed by atoms with Crippen molar-refractivity contribution in [2.24, 2.45) is 0 Å². The average Bonchev–Trinajstić information content (AvgIpc) is 2.43. The number of nitrogens with zero attached hydrogens (tertiary/aromatic N) is 4. The van der Waals surface area contributed by atoms with E-state index in [4.69, 9.17) is 4.74 Å². The molecule has 0 spiro atoms. The van der Waals surface area contributed by atoms with Crippen LogP contribution in [0.3, 0.4) is 0 Å². The first kappa shape index (κ1) is 13.8. The summed E-state index contributed by atoms with van der Waals surface area (Å²) in [4.78, 5) is 14.9. The molecular formula is C15H18N4O2. The van der Waals surface area contributed by atoms with Crippen LogP contribution in [-0.4, -0.2) is 45.9 Å². The molecule has 1 aliphatic rings. The summed E-state index contributed by atoms with van der Waals surface area (Å²) in [5, 5.41) is 9.41. The van der Waals surface area contributed by atoms with E-state index in [-0.39, 0.29) is 6.10 Å². The lowest BCUT2D eigenvalue weighted by Crippen LogP contribution is -2.51. The first-order valence-corrected chi connectivity index (χ1v) is 6.94. The highest BCUT2D eigenvalue weighted by Gasteiger charge is 2.27. The molecule has 2 aromatic rings. The molecule has 6 nitrogen and oxygen atoms in total. The van der Waals surface area contributed by atoms with Gasteiger partial charge in [0.1, 0.15) is 17.6 Å².